The van der Waals surface area contributed by atoms with E-state index in [2.05, 4.69) is 0 Å². The van der Waals surface area contributed by atoms with Crippen molar-refractivity contribution in [2.24, 2.45) is 11.3 Å². The van der Waals surface area contributed by atoms with Gasteiger partial charge in [-0.3, -0.25) is 9.00 Å². The highest BCUT2D eigenvalue weighted by atomic mass is 32.2. The summed E-state index contributed by atoms with van der Waals surface area (Å²) in [6.45, 7) is 6.37. The second-order valence-corrected chi connectivity index (χ2v) is 7.19. The van der Waals surface area contributed by atoms with Crippen LogP contribution in [0.25, 0.3) is 0 Å². The van der Waals surface area contributed by atoms with Gasteiger partial charge < -0.3 is 4.74 Å². The van der Waals surface area contributed by atoms with Crippen molar-refractivity contribution in [2.75, 3.05) is 6.61 Å². The Bertz CT molecular complexity index is 551. The van der Waals surface area contributed by atoms with E-state index in [1.54, 1.807) is 0 Å². The van der Waals surface area contributed by atoms with Gasteiger partial charge in [0.2, 0.25) is 0 Å². The molecule has 3 nitrogen and oxygen atoms in total. The van der Waals surface area contributed by atoms with Gasteiger partial charge >= 0.3 is 5.97 Å². The predicted molar refractivity (Wildman–Crippen MR) is 68.5 cm³/mol. The molecule has 1 heterocycles. The highest BCUT2D eigenvalue weighted by Crippen LogP contribution is 2.69. The molecule has 0 bridgehead atoms. The number of ether oxygens (including phenoxy) is 1. The Labute approximate surface area is 109 Å². The molecule has 4 atom stereocenters. The number of carbonyl (C=O) groups excluding carboxylic acids is 1. The summed E-state index contributed by atoms with van der Waals surface area (Å²) >= 11 is 0. The molecule has 18 heavy (non-hydrogen) atoms. The zero-order chi connectivity index (χ0) is 13.1. The summed E-state index contributed by atoms with van der Waals surface area (Å²) in [4.78, 5) is 12.7. The molecule has 0 radical (unpaired) electrons. The summed E-state index contributed by atoms with van der Waals surface area (Å²) in [5.41, 5.74) is 0.855. The molecule has 1 aliphatic heterocycles. The second kappa shape index (κ2) is 3.44. The number of rotatable bonds is 2. The molecule has 0 amide bonds. The van der Waals surface area contributed by atoms with Crippen molar-refractivity contribution in [3.63, 3.8) is 0 Å². The maximum atomic E-state index is 12.8. The van der Waals surface area contributed by atoms with E-state index in [1.165, 1.54) is 0 Å². The Kier molecular flexibility index (Phi) is 2.28. The van der Waals surface area contributed by atoms with Crippen LogP contribution in [0.3, 0.4) is 0 Å². The molecule has 4 heteroatoms. The van der Waals surface area contributed by atoms with E-state index in [-0.39, 0.29) is 17.3 Å². The van der Waals surface area contributed by atoms with Gasteiger partial charge in [0.05, 0.1) is 17.4 Å². The Balaban J connectivity index is 2.03. The number of cyclic esters (lactones) is 1. The number of aryl methyl sites for hydroxylation is 1. The maximum Gasteiger partial charge on any atom is 0.326 e. The van der Waals surface area contributed by atoms with Crippen LogP contribution in [0, 0.1) is 18.3 Å². The zero-order valence-corrected chi connectivity index (χ0v) is 11.5. The smallest absolute Gasteiger partial charge is 0.326 e. The van der Waals surface area contributed by atoms with Crippen LogP contribution in [0.1, 0.15) is 19.4 Å². The summed E-state index contributed by atoms with van der Waals surface area (Å²) in [5.74, 6) is -0.176. The van der Waals surface area contributed by atoms with Crippen molar-refractivity contribution in [2.45, 2.75) is 30.4 Å². The molecule has 0 N–H and O–H groups in total. The Morgan fingerprint density at radius 3 is 2.44 bits per heavy atom. The van der Waals surface area contributed by atoms with Crippen molar-refractivity contribution < 1.29 is 13.7 Å². The fourth-order valence-corrected chi connectivity index (χ4v) is 5.28. The van der Waals surface area contributed by atoms with Crippen LogP contribution in [0.2, 0.25) is 0 Å². The summed E-state index contributed by atoms with van der Waals surface area (Å²) in [7, 11) is -1.33. The minimum Gasteiger partial charge on any atom is -0.464 e. The minimum atomic E-state index is -1.33. The lowest BCUT2D eigenvalue weighted by Crippen LogP contribution is -2.30. The molecule has 1 aromatic rings. The highest BCUT2D eigenvalue weighted by Gasteiger charge is 2.84. The largest absolute Gasteiger partial charge is 0.464 e. The van der Waals surface area contributed by atoms with E-state index in [9.17, 15) is 9.00 Å². The molecule has 1 saturated carbocycles. The molecule has 0 spiro atoms. The SMILES string of the molecule is Cc1ccc([S@@](=O)[C@@]23C(=O)OC[C@]2(C)[C@@H]3C)cc1. The van der Waals surface area contributed by atoms with Crippen molar-refractivity contribution >= 4 is 16.8 Å². The topological polar surface area (TPSA) is 43.4 Å². The average molecular weight is 264 g/mol. The number of esters is 1. The van der Waals surface area contributed by atoms with Crippen LogP contribution in [-0.2, 0) is 20.3 Å². The molecular weight excluding hydrogens is 248 g/mol. The van der Waals surface area contributed by atoms with Gasteiger partial charge in [0.1, 0.15) is 0 Å². The molecule has 3 rings (SSSR count). The van der Waals surface area contributed by atoms with Gasteiger partial charge in [-0.15, -0.1) is 0 Å². The van der Waals surface area contributed by atoms with Gasteiger partial charge in [-0.25, -0.2) is 0 Å². The number of hydrogen-bond donors (Lipinski definition) is 0. The number of hydrogen-bond acceptors (Lipinski definition) is 3. The Hall–Kier alpha value is -1.16. The number of fused-ring (bicyclic) bond motifs is 1. The van der Waals surface area contributed by atoms with Gasteiger partial charge in [0.25, 0.3) is 0 Å². The summed E-state index contributed by atoms with van der Waals surface area (Å²) < 4.78 is 17.1. The third-order valence-electron chi connectivity index (χ3n) is 4.66. The summed E-state index contributed by atoms with van der Waals surface area (Å²) in [6, 6.07) is 7.54. The zero-order valence-electron chi connectivity index (χ0n) is 10.7. The van der Waals surface area contributed by atoms with E-state index < -0.39 is 15.5 Å². The van der Waals surface area contributed by atoms with Crippen LogP contribution in [0.4, 0.5) is 0 Å². The first kappa shape index (κ1) is 11.9. The van der Waals surface area contributed by atoms with Gasteiger partial charge in [-0.05, 0) is 25.0 Å². The first-order valence-electron chi connectivity index (χ1n) is 6.10. The highest BCUT2D eigenvalue weighted by molar-refractivity contribution is 7.87. The molecule has 2 fully saturated rings. The third-order valence-corrected chi connectivity index (χ3v) is 6.94. The van der Waals surface area contributed by atoms with Crippen molar-refractivity contribution in [1.29, 1.82) is 0 Å². The van der Waals surface area contributed by atoms with Crippen molar-refractivity contribution in [1.82, 2.24) is 0 Å². The van der Waals surface area contributed by atoms with Gasteiger partial charge in [0.15, 0.2) is 4.75 Å². The molecule has 2 aliphatic rings. The van der Waals surface area contributed by atoms with Crippen molar-refractivity contribution in [3.8, 4) is 0 Å². The van der Waals surface area contributed by atoms with E-state index in [0.717, 1.165) is 10.5 Å². The second-order valence-electron chi connectivity index (χ2n) is 5.53. The molecule has 1 saturated heterocycles. The molecule has 0 aromatic heterocycles. The van der Waals surface area contributed by atoms with E-state index >= 15 is 0 Å². The Morgan fingerprint density at radius 2 is 1.94 bits per heavy atom. The molecule has 96 valence electrons. The van der Waals surface area contributed by atoms with E-state index in [4.69, 9.17) is 4.74 Å². The molecule has 1 aliphatic carbocycles. The lowest BCUT2D eigenvalue weighted by molar-refractivity contribution is -0.140. The lowest BCUT2D eigenvalue weighted by atomic mass is 10.1. The van der Waals surface area contributed by atoms with Gasteiger partial charge in [-0.2, -0.15) is 0 Å². The van der Waals surface area contributed by atoms with Crippen LogP contribution in [-0.4, -0.2) is 21.5 Å². The van der Waals surface area contributed by atoms with Crippen molar-refractivity contribution in [3.05, 3.63) is 29.8 Å². The first-order valence-corrected chi connectivity index (χ1v) is 7.25. The van der Waals surface area contributed by atoms with Gasteiger partial charge in [-0.1, -0.05) is 31.5 Å². The molecule has 1 aromatic carbocycles. The number of carbonyl (C=O) groups is 1. The minimum absolute atomic E-state index is 0.119. The monoisotopic (exact) mass is 264 g/mol. The summed E-state index contributed by atoms with van der Waals surface area (Å²) in [5, 5.41) is 0. The van der Waals surface area contributed by atoms with E-state index in [0.29, 0.717) is 6.61 Å². The average Bonchev–Trinajstić information content (AvgIpc) is 2.69. The Morgan fingerprint density at radius 1 is 1.33 bits per heavy atom. The fourth-order valence-electron chi connectivity index (χ4n) is 3.13. The quantitative estimate of drug-likeness (QED) is 0.768. The predicted octanol–water partition coefficient (Wildman–Crippen LogP) is 2.05. The first-order chi connectivity index (χ1) is 8.44. The van der Waals surface area contributed by atoms with Gasteiger partial charge in [0, 0.05) is 10.3 Å². The normalized spacial score (nSPS) is 39.1. The fraction of sp³-hybridized carbons (Fsp3) is 0.500. The standard InChI is InChI=1S/C14H16O3S/c1-9-4-6-11(7-5-9)18(16)14-10(2)13(14,3)8-17-12(14)15/h4-7,10H,8H2,1-3H3/t10-,13+,14-,18+/m0/s1. The van der Waals surface area contributed by atoms with Crippen LogP contribution < -0.4 is 0 Å². The third kappa shape index (κ3) is 1.14. The van der Waals surface area contributed by atoms with E-state index in [1.807, 2.05) is 45.0 Å². The van der Waals surface area contributed by atoms with Crippen LogP contribution in [0.5, 0.6) is 0 Å². The van der Waals surface area contributed by atoms with Crippen LogP contribution >= 0.6 is 0 Å². The lowest BCUT2D eigenvalue weighted by Gasteiger charge is -2.11. The molecule has 0 unspecified atom stereocenters. The summed E-state index contributed by atoms with van der Waals surface area (Å²) in [6.07, 6.45) is 0. The van der Waals surface area contributed by atoms with Crippen LogP contribution in [0.15, 0.2) is 29.2 Å². The maximum absolute atomic E-state index is 12.8. The number of benzene rings is 1. The molecular formula is C14H16O3S.